The summed E-state index contributed by atoms with van der Waals surface area (Å²) in [5.41, 5.74) is 0.294. The van der Waals surface area contributed by atoms with E-state index < -0.39 is 29.8 Å². The molecule has 2 aromatic heterocycles. The summed E-state index contributed by atoms with van der Waals surface area (Å²) >= 11 is 0. The average Bonchev–Trinajstić information content (AvgIpc) is 2.81. The van der Waals surface area contributed by atoms with Crippen molar-refractivity contribution in [2.24, 2.45) is 0 Å². The van der Waals surface area contributed by atoms with Gasteiger partial charge in [-0.2, -0.15) is 18.3 Å². The number of carbonyl (C=O) groups is 1. The molecule has 4 aromatic rings. The van der Waals surface area contributed by atoms with E-state index in [9.17, 15) is 22.8 Å². The zero-order valence-electron chi connectivity index (χ0n) is 17.6. The van der Waals surface area contributed by atoms with Crippen LogP contribution >= 0.6 is 0 Å². The number of aromatic nitrogens is 3. The maximum atomic E-state index is 13.0. The van der Waals surface area contributed by atoms with E-state index in [0.717, 1.165) is 27.3 Å². The van der Waals surface area contributed by atoms with Gasteiger partial charge in [-0.25, -0.2) is 4.68 Å². The Labute approximate surface area is 186 Å². The fourth-order valence-electron chi connectivity index (χ4n) is 3.51. The van der Waals surface area contributed by atoms with Crippen LogP contribution in [0.1, 0.15) is 16.8 Å². The number of hydrogen-bond donors (Lipinski definition) is 0. The fraction of sp³-hybridized carbons (Fsp3) is 0.167. The molecule has 6 nitrogen and oxygen atoms in total. The first-order valence-corrected chi connectivity index (χ1v) is 10.1. The van der Waals surface area contributed by atoms with Gasteiger partial charge < -0.3 is 4.90 Å². The number of fused-ring (bicyclic) bond motifs is 1. The number of amides is 1. The first-order chi connectivity index (χ1) is 15.7. The Bertz CT molecular complexity index is 1370. The van der Waals surface area contributed by atoms with E-state index in [4.69, 9.17) is 0 Å². The summed E-state index contributed by atoms with van der Waals surface area (Å²) in [5.74, 6) is -0.575. The molecule has 0 atom stereocenters. The highest BCUT2D eigenvalue weighted by atomic mass is 19.4. The Morgan fingerprint density at radius 3 is 2.39 bits per heavy atom. The molecule has 9 heteroatoms. The molecular formula is C24H19F3N4O2. The predicted octanol–water partition coefficient (Wildman–Crippen LogP) is 4.06. The molecule has 0 unspecified atom stereocenters. The monoisotopic (exact) mass is 452 g/mol. The molecule has 0 saturated carbocycles. The molecular weight excluding hydrogens is 433 g/mol. The van der Waals surface area contributed by atoms with Crippen molar-refractivity contribution in [2.45, 2.75) is 19.1 Å². The molecule has 1 amide bonds. The van der Waals surface area contributed by atoms with Crippen LogP contribution in [0.4, 0.5) is 18.9 Å². The Balaban J connectivity index is 1.68. The second-order valence-corrected chi connectivity index (χ2v) is 7.49. The van der Waals surface area contributed by atoms with E-state index in [-0.39, 0.29) is 5.69 Å². The lowest BCUT2D eigenvalue weighted by Crippen LogP contribution is -2.35. The van der Waals surface area contributed by atoms with Gasteiger partial charge in [-0.1, -0.05) is 24.3 Å². The number of likely N-dealkylation sites (N-methyl/N-ethyl adjacent to an activating group) is 1. The van der Waals surface area contributed by atoms with Crippen molar-refractivity contribution in [1.29, 1.82) is 0 Å². The van der Waals surface area contributed by atoms with Crippen LogP contribution in [0.5, 0.6) is 0 Å². The van der Waals surface area contributed by atoms with Gasteiger partial charge in [0.25, 0.3) is 5.56 Å². The molecule has 168 valence electrons. The molecule has 0 fully saturated rings. The number of halogens is 3. The van der Waals surface area contributed by atoms with E-state index in [2.05, 4.69) is 10.1 Å². The molecule has 2 aromatic carbocycles. The van der Waals surface area contributed by atoms with E-state index in [1.807, 2.05) is 12.1 Å². The molecule has 2 heterocycles. The van der Waals surface area contributed by atoms with Crippen molar-refractivity contribution in [3.05, 3.63) is 100 Å². The number of alkyl halides is 3. The SMILES string of the molecule is CN(C(=O)Cn1nc(Cc2ccncc2)c2ccccc2c1=O)c1cccc(C(F)(F)F)c1. The van der Waals surface area contributed by atoms with Crippen LogP contribution < -0.4 is 10.5 Å². The Morgan fingerprint density at radius 2 is 1.70 bits per heavy atom. The van der Waals surface area contributed by atoms with Gasteiger partial charge in [-0.3, -0.25) is 14.6 Å². The number of pyridine rings is 1. The van der Waals surface area contributed by atoms with Gasteiger partial charge >= 0.3 is 6.18 Å². The van der Waals surface area contributed by atoms with Crippen LogP contribution in [-0.2, 0) is 23.9 Å². The molecule has 0 aliphatic rings. The highest BCUT2D eigenvalue weighted by Gasteiger charge is 2.31. The molecule has 0 spiro atoms. The summed E-state index contributed by atoms with van der Waals surface area (Å²) < 4.78 is 40.2. The van der Waals surface area contributed by atoms with Crippen LogP contribution in [0.2, 0.25) is 0 Å². The van der Waals surface area contributed by atoms with E-state index >= 15 is 0 Å². The molecule has 0 N–H and O–H groups in total. The molecule has 0 saturated heterocycles. The van der Waals surface area contributed by atoms with Crippen LogP contribution in [0.15, 0.2) is 77.9 Å². The van der Waals surface area contributed by atoms with Gasteiger partial charge in [0.1, 0.15) is 6.54 Å². The van der Waals surface area contributed by atoms with Gasteiger partial charge in [0.15, 0.2) is 0 Å². The van der Waals surface area contributed by atoms with Crippen LogP contribution in [-0.4, -0.2) is 27.7 Å². The third-order valence-electron chi connectivity index (χ3n) is 5.29. The fourth-order valence-corrected chi connectivity index (χ4v) is 3.51. The topological polar surface area (TPSA) is 68.1 Å². The van der Waals surface area contributed by atoms with E-state index in [0.29, 0.717) is 22.9 Å². The van der Waals surface area contributed by atoms with Gasteiger partial charge in [-0.15, -0.1) is 0 Å². The third-order valence-corrected chi connectivity index (χ3v) is 5.29. The summed E-state index contributed by atoms with van der Waals surface area (Å²) in [6, 6.07) is 15.1. The lowest BCUT2D eigenvalue weighted by molar-refractivity contribution is -0.137. The van der Waals surface area contributed by atoms with Gasteiger partial charge in [0, 0.05) is 36.9 Å². The van der Waals surface area contributed by atoms with Gasteiger partial charge in [-0.05, 0) is 42.0 Å². The predicted molar refractivity (Wildman–Crippen MR) is 118 cm³/mol. The minimum atomic E-state index is -4.53. The molecule has 33 heavy (non-hydrogen) atoms. The number of anilines is 1. The number of benzene rings is 2. The van der Waals surface area contributed by atoms with E-state index in [1.54, 1.807) is 36.7 Å². The van der Waals surface area contributed by atoms with Crippen LogP contribution in [0.3, 0.4) is 0 Å². The third kappa shape index (κ3) is 4.77. The largest absolute Gasteiger partial charge is 0.416 e. The van der Waals surface area contributed by atoms with Crippen molar-refractivity contribution >= 4 is 22.4 Å². The summed E-state index contributed by atoms with van der Waals surface area (Å²) in [4.78, 5) is 30.9. The zero-order valence-corrected chi connectivity index (χ0v) is 17.6. The highest BCUT2D eigenvalue weighted by Crippen LogP contribution is 2.31. The number of carbonyl (C=O) groups excluding carboxylic acids is 1. The Kier molecular flexibility index (Phi) is 5.95. The Morgan fingerprint density at radius 1 is 1.00 bits per heavy atom. The molecule has 0 aliphatic carbocycles. The second kappa shape index (κ2) is 8.85. The standard InChI is InChI=1S/C24H19F3N4O2/c1-30(18-6-4-5-17(14-18)24(25,26)27)22(32)15-31-23(33)20-8-3-2-7-19(20)21(29-31)13-16-9-11-28-12-10-16/h2-12,14H,13,15H2,1H3. The minimum absolute atomic E-state index is 0.0701. The zero-order chi connectivity index (χ0) is 23.6. The van der Waals surface area contributed by atoms with Gasteiger partial charge in [0.05, 0.1) is 16.6 Å². The summed E-state index contributed by atoms with van der Waals surface area (Å²) in [6.07, 6.45) is -0.804. The minimum Gasteiger partial charge on any atom is -0.314 e. The maximum Gasteiger partial charge on any atom is 0.416 e. The van der Waals surface area contributed by atoms with Crippen LogP contribution in [0.25, 0.3) is 10.8 Å². The van der Waals surface area contributed by atoms with Crippen molar-refractivity contribution in [1.82, 2.24) is 14.8 Å². The molecule has 0 aliphatic heterocycles. The lowest BCUT2D eigenvalue weighted by Gasteiger charge is -2.19. The lowest BCUT2D eigenvalue weighted by atomic mass is 10.1. The molecule has 0 radical (unpaired) electrons. The smallest absolute Gasteiger partial charge is 0.314 e. The Hall–Kier alpha value is -4.01. The van der Waals surface area contributed by atoms with Crippen molar-refractivity contribution < 1.29 is 18.0 Å². The first-order valence-electron chi connectivity index (χ1n) is 10.1. The van der Waals surface area contributed by atoms with Gasteiger partial charge in [0.2, 0.25) is 5.91 Å². The number of rotatable bonds is 5. The first kappa shape index (κ1) is 22.2. The van der Waals surface area contributed by atoms with Crippen molar-refractivity contribution in [3.8, 4) is 0 Å². The number of nitrogens with zero attached hydrogens (tertiary/aromatic N) is 4. The van der Waals surface area contributed by atoms with Crippen molar-refractivity contribution in [3.63, 3.8) is 0 Å². The quantitative estimate of drug-likeness (QED) is 0.458. The maximum absolute atomic E-state index is 13.0. The van der Waals surface area contributed by atoms with E-state index in [1.165, 1.54) is 19.2 Å². The normalized spacial score (nSPS) is 11.5. The second-order valence-electron chi connectivity index (χ2n) is 7.49. The summed E-state index contributed by atoms with van der Waals surface area (Å²) in [6.45, 7) is -0.417. The van der Waals surface area contributed by atoms with Crippen LogP contribution in [0, 0.1) is 0 Å². The van der Waals surface area contributed by atoms with Crippen molar-refractivity contribution in [2.75, 3.05) is 11.9 Å². The summed E-state index contributed by atoms with van der Waals surface area (Å²) in [7, 11) is 1.36. The molecule has 0 bridgehead atoms. The highest BCUT2D eigenvalue weighted by molar-refractivity contribution is 5.93. The average molecular weight is 452 g/mol. The molecule has 4 rings (SSSR count). The number of hydrogen-bond acceptors (Lipinski definition) is 4. The summed E-state index contributed by atoms with van der Waals surface area (Å²) in [5, 5.41) is 5.51.